The van der Waals surface area contributed by atoms with Gasteiger partial charge in [0.1, 0.15) is 7.38 Å². The topological polar surface area (TPSA) is 29.4 Å². The molecule has 0 aromatic rings. The Morgan fingerprint density at radius 3 is 1.28 bits per heavy atom. The Morgan fingerprint density at radius 2 is 0.960 bits per heavy atom. The van der Waals surface area contributed by atoms with Crippen molar-refractivity contribution in [2.24, 2.45) is 4.99 Å². The highest BCUT2D eigenvalue weighted by Crippen LogP contribution is 2.19. The highest BCUT2D eigenvalue weighted by Gasteiger charge is 2.15. The number of hydrogen-bond acceptors (Lipinski definition) is 2. The van der Waals surface area contributed by atoms with E-state index in [9.17, 15) is 4.79 Å². The van der Waals surface area contributed by atoms with Gasteiger partial charge in [-0.2, -0.15) is 11.1 Å². The number of unbranched alkanes of at least 4 members (excludes halogenated alkanes) is 15. The summed E-state index contributed by atoms with van der Waals surface area (Å²) in [5, 5.41) is 0. The molecular formula is C21H42ClNOSi. The van der Waals surface area contributed by atoms with Gasteiger partial charge in [0.2, 0.25) is 6.08 Å². The zero-order chi connectivity index (χ0) is 18.6. The fourth-order valence-electron chi connectivity index (χ4n) is 3.26. The first-order valence-corrected chi connectivity index (χ1v) is 15.0. The van der Waals surface area contributed by atoms with E-state index in [4.69, 9.17) is 11.1 Å². The summed E-state index contributed by atoms with van der Waals surface area (Å²) in [4.78, 5) is 13.5. The number of rotatable bonds is 19. The Kier molecular flexibility index (Phi) is 18.6. The Morgan fingerprint density at radius 1 is 0.640 bits per heavy atom. The van der Waals surface area contributed by atoms with Crippen LogP contribution in [0.25, 0.3) is 0 Å². The molecule has 0 spiro atoms. The number of nitrogens with zero attached hydrogens (tertiary/aromatic N) is 1. The van der Waals surface area contributed by atoms with E-state index in [1.807, 2.05) is 0 Å². The molecule has 148 valence electrons. The molecule has 0 bridgehead atoms. The van der Waals surface area contributed by atoms with Crippen molar-refractivity contribution in [3.63, 3.8) is 0 Å². The van der Waals surface area contributed by atoms with Gasteiger partial charge in [-0.05, 0) is 12.5 Å². The predicted octanol–water partition coefficient (Wildman–Crippen LogP) is 8.01. The van der Waals surface area contributed by atoms with Crippen molar-refractivity contribution in [1.82, 2.24) is 0 Å². The lowest BCUT2D eigenvalue weighted by molar-refractivity contribution is 0.529. The average molecular weight is 388 g/mol. The number of carbonyl (C=O) groups excluding carboxylic acids is 1. The minimum atomic E-state index is -1.31. The van der Waals surface area contributed by atoms with E-state index in [0.717, 1.165) is 6.42 Å². The summed E-state index contributed by atoms with van der Waals surface area (Å²) in [6, 6.07) is 1.28. The van der Waals surface area contributed by atoms with Gasteiger partial charge in [-0.1, -0.05) is 109 Å². The lowest BCUT2D eigenvalue weighted by Gasteiger charge is -2.11. The van der Waals surface area contributed by atoms with Gasteiger partial charge in [-0.15, -0.1) is 0 Å². The quantitative estimate of drug-likeness (QED) is 0.0725. The molecule has 0 N–H and O–H groups in total. The summed E-state index contributed by atoms with van der Waals surface area (Å²) in [7, 11) is -1.31. The van der Waals surface area contributed by atoms with Crippen LogP contribution >= 0.6 is 11.1 Å². The largest absolute Gasteiger partial charge is 0.234 e. The Balaban J connectivity index is 3.04. The van der Waals surface area contributed by atoms with Gasteiger partial charge in [-0.25, -0.2) is 9.79 Å². The molecule has 0 aliphatic carbocycles. The van der Waals surface area contributed by atoms with Gasteiger partial charge in [-0.3, -0.25) is 0 Å². The van der Waals surface area contributed by atoms with Crippen molar-refractivity contribution in [1.29, 1.82) is 0 Å². The predicted molar refractivity (Wildman–Crippen MR) is 115 cm³/mol. The monoisotopic (exact) mass is 387 g/mol. The van der Waals surface area contributed by atoms with Crippen molar-refractivity contribution in [3.05, 3.63) is 0 Å². The Bertz CT molecular complexity index is 324. The molecule has 0 unspecified atom stereocenters. The zero-order valence-electron chi connectivity index (χ0n) is 17.0. The summed E-state index contributed by atoms with van der Waals surface area (Å²) in [5.41, 5.74) is 0. The molecule has 0 aromatic heterocycles. The first-order valence-electron chi connectivity index (χ1n) is 10.8. The minimum Gasteiger partial charge on any atom is -0.211 e. The summed E-state index contributed by atoms with van der Waals surface area (Å²) in [6.07, 6.45) is 23.3. The van der Waals surface area contributed by atoms with Crippen LogP contribution in [0.5, 0.6) is 0 Å². The van der Waals surface area contributed by atoms with Gasteiger partial charge in [0.25, 0.3) is 0 Å². The van der Waals surface area contributed by atoms with E-state index < -0.39 is 7.38 Å². The van der Waals surface area contributed by atoms with Crippen molar-refractivity contribution in [2.45, 2.75) is 122 Å². The van der Waals surface area contributed by atoms with Crippen LogP contribution in [-0.2, 0) is 4.79 Å². The smallest absolute Gasteiger partial charge is 0.211 e. The van der Waals surface area contributed by atoms with Crippen LogP contribution in [0.1, 0.15) is 103 Å². The van der Waals surface area contributed by atoms with E-state index >= 15 is 0 Å². The summed E-state index contributed by atoms with van der Waals surface area (Å²) < 4.78 is 0. The summed E-state index contributed by atoms with van der Waals surface area (Å²) in [6.45, 7) is 5.17. The zero-order valence-corrected chi connectivity index (χ0v) is 18.7. The Hall–Kier alpha value is -0.113. The lowest BCUT2D eigenvalue weighted by Crippen LogP contribution is -2.14. The molecule has 0 saturated heterocycles. The van der Waals surface area contributed by atoms with Crippen LogP contribution in [0.4, 0.5) is 0 Å². The average Bonchev–Trinajstić information content (AvgIpc) is 2.56. The number of halogens is 1. The SMILES string of the molecule is C[Si](C)(Cl)CCCCCCCCCCCCCCCCCCN=C=O. The fraction of sp³-hybridized carbons (Fsp3) is 0.952. The molecule has 0 aliphatic rings. The molecule has 4 heteroatoms. The molecule has 0 atom stereocenters. The van der Waals surface area contributed by atoms with Crippen LogP contribution in [0.2, 0.25) is 19.1 Å². The Labute approximate surface area is 162 Å². The van der Waals surface area contributed by atoms with Crippen molar-refractivity contribution >= 4 is 24.5 Å². The number of hydrogen-bond donors (Lipinski definition) is 0. The molecular weight excluding hydrogens is 346 g/mol. The molecule has 0 aromatic carbocycles. The highest BCUT2D eigenvalue weighted by molar-refractivity contribution is 7.19. The van der Waals surface area contributed by atoms with Crippen LogP contribution in [0.15, 0.2) is 4.99 Å². The molecule has 0 fully saturated rings. The van der Waals surface area contributed by atoms with Gasteiger partial charge < -0.3 is 0 Å². The molecule has 0 amide bonds. The van der Waals surface area contributed by atoms with Gasteiger partial charge in [0.15, 0.2) is 0 Å². The van der Waals surface area contributed by atoms with E-state index in [1.165, 1.54) is 102 Å². The van der Waals surface area contributed by atoms with E-state index in [1.54, 1.807) is 6.08 Å². The van der Waals surface area contributed by atoms with Gasteiger partial charge in [0, 0.05) is 0 Å². The molecule has 0 rings (SSSR count). The lowest BCUT2D eigenvalue weighted by atomic mass is 10.0. The second kappa shape index (κ2) is 18.7. The van der Waals surface area contributed by atoms with Crippen LogP contribution < -0.4 is 0 Å². The molecule has 25 heavy (non-hydrogen) atoms. The summed E-state index contributed by atoms with van der Waals surface area (Å²) >= 11 is 6.34. The third kappa shape index (κ3) is 23.9. The third-order valence-corrected chi connectivity index (χ3v) is 6.97. The van der Waals surface area contributed by atoms with Crippen molar-refractivity contribution in [2.75, 3.05) is 6.54 Å². The molecule has 0 radical (unpaired) electrons. The van der Waals surface area contributed by atoms with Crippen LogP contribution in [0.3, 0.4) is 0 Å². The second-order valence-corrected chi connectivity index (χ2v) is 15.1. The van der Waals surface area contributed by atoms with Crippen molar-refractivity contribution < 1.29 is 4.79 Å². The standard InChI is InChI=1S/C21H42ClNOSi/c1-25(2,22)20-18-16-14-12-10-8-6-4-3-5-7-9-11-13-15-17-19-23-21-24/h3-20H2,1-2H3. The molecule has 0 saturated carbocycles. The molecule has 0 aliphatic heterocycles. The summed E-state index contributed by atoms with van der Waals surface area (Å²) in [5.74, 6) is 0. The number of isocyanates is 1. The van der Waals surface area contributed by atoms with E-state index in [-0.39, 0.29) is 0 Å². The van der Waals surface area contributed by atoms with Gasteiger partial charge >= 0.3 is 0 Å². The van der Waals surface area contributed by atoms with E-state index in [0.29, 0.717) is 6.54 Å². The van der Waals surface area contributed by atoms with Crippen LogP contribution in [-0.4, -0.2) is 20.0 Å². The highest BCUT2D eigenvalue weighted by atomic mass is 35.6. The molecule has 2 nitrogen and oxygen atoms in total. The van der Waals surface area contributed by atoms with E-state index in [2.05, 4.69) is 18.1 Å². The third-order valence-electron chi connectivity index (χ3n) is 4.86. The maximum Gasteiger partial charge on any atom is 0.234 e. The first-order chi connectivity index (χ1) is 12.1. The first kappa shape index (κ1) is 24.9. The van der Waals surface area contributed by atoms with Crippen molar-refractivity contribution in [3.8, 4) is 0 Å². The van der Waals surface area contributed by atoms with Gasteiger partial charge in [0.05, 0.1) is 6.54 Å². The number of aliphatic imine (C=N–C) groups is 1. The maximum atomic E-state index is 9.91. The molecule has 0 heterocycles. The fourth-order valence-corrected chi connectivity index (χ4v) is 4.75. The second-order valence-electron chi connectivity index (χ2n) is 8.10. The minimum absolute atomic E-state index is 0.663. The maximum absolute atomic E-state index is 9.91. The van der Waals surface area contributed by atoms with Crippen LogP contribution in [0, 0.1) is 0 Å². The normalized spacial score (nSPS) is 11.5.